The van der Waals surface area contributed by atoms with Gasteiger partial charge in [0.2, 0.25) is 5.60 Å². The van der Waals surface area contributed by atoms with Crippen molar-refractivity contribution in [2.24, 2.45) is 11.3 Å². The number of thioether (sulfide) groups is 1. The molecule has 3 rings (SSSR count). The zero-order chi connectivity index (χ0) is 30.4. The number of ether oxygens (including phenoxy) is 2. The number of nitrogen functional groups attached to an aromatic ring is 1. The quantitative estimate of drug-likeness (QED) is 0.171. The second kappa shape index (κ2) is 13.6. The van der Waals surface area contributed by atoms with Gasteiger partial charge in [0.15, 0.2) is 5.82 Å². The van der Waals surface area contributed by atoms with Crippen molar-refractivity contribution < 1.29 is 27.9 Å². The molecular weight excluding hydrogens is 567 g/mol. The molecule has 0 saturated carbocycles. The molecule has 3 heterocycles. The number of nitrogens with one attached hydrogen (secondary N) is 1. The van der Waals surface area contributed by atoms with Crippen molar-refractivity contribution in [3.05, 3.63) is 36.0 Å². The van der Waals surface area contributed by atoms with E-state index in [2.05, 4.69) is 21.2 Å². The van der Waals surface area contributed by atoms with Crippen LogP contribution in [0, 0.1) is 22.7 Å². The number of carbonyl (C=O) groups excluding carboxylic acids is 1. The maximum absolute atomic E-state index is 14.1. The first-order valence-electron chi connectivity index (χ1n) is 13.6. The molecule has 0 amide bonds. The van der Waals surface area contributed by atoms with Crippen LogP contribution in [0.1, 0.15) is 60.1 Å². The van der Waals surface area contributed by atoms with Crippen LogP contribution in [0.25, 0.3) is 5.52 Å². The van der Waals surface area contributed by atoms with Crippen LogP contribution in [0.4, 0.5) is 5.82 Å². The Morgan fingerprint density at radius 1 is 1.41 bits per heavy atom. The minimum atomic E-state index is -4.09. The van der Waals surface area contributed by atoms with E-state index in [4.69, 9.17) is 24.3 Å². The fraction of sp³-hybridized carbons (Fsp3) is 0.630. The third-order valence-electron chi connectivity index (χ3n) is 7.63. The molecule has 1 unspecified atom stereocenters. The highest BCUT2D eigenvalue weighted by molar-refractivity contribution is 7.98. The first-order chi connectivity index (χ1) is 19.4. The lowest BCUT2D eigenvalue weighted by molar-refractivity contribution is -0.145. The Morgan fingerprint density at radius 2 is 2.15 bits per heavy atom. The number of nitrogens with zero attached hydrogens (tertiary/aromatic N) is 4. The standard InChI is InChI=1S/C27H41N6O6PS/c1-8-18(4)39-40(35,32-20(13-14-41-7)25(34)36-10-3)37-15-22-19(9-2)26(5,6)27(16-28,38-22)23-12-11-21-24(29)30-17-31-33(21)23/h8,11-12,17,19-20,22H,9-10,13-15H2,1-7H3,(H,32,35)(H2,29,30,31)/b18-8+/t19-,20+,22-,27+,40?/m1/s1. The number of carbonyl (C=O) groups is 1. The SMILES string of the molecule is C/C=C(\C)OP(=O)(N[C@@H](CCSC)C(=O)OCC)OC[C@H]1O[C@@](C#N)(c2ccc3c(N)ncnn23)C(C)(C)[C@@H]1CC. The number of nitrogens with two attached hydrogens (primary N) is 1. The molecule has 2 aromatic heterocycles. The molecular formula is C27H41N6O6PS. The summed E-state index contributed by atoms with van der Waals surface area (Å²) in [7, 11) is -4.09. The van der Waals surface area contributed by atoms with Gasteiger partial charge in [0.1, 0.15) is 24.0 Å². The molecule has 226 valence electrons. The Hall–Kier alpha value is -2.62. The summed E-state index contributed by atoms with van der Waals surface area (Å²) < 4.78 is 39.2. The van der Waals surface area contributed by atoms with Crippen molar-refractivity contribution in [1.29, 1.82) is 5.26 Å². The minimum absolute atomic E-state index is 0.162. The third kappa shape index (κ3) is 6.57. The zero-order valence-electron chi connectivity index (χ0n) is 24.7. The van der Waals surface area contributed by atoms with Gasteiger partial charge in [0.05, 0.1) is 30.8 Å². The van der Waals surface area contributed by atoms with Gasteiger partial charge in [-0.2, -0.15) is 27.2 Å². The van der Waals surface area contributed by atoms with E-state index in [-0.39, 0.29) is 24.9 Å². The first-order valence-corrected chi connectivity index (χ1v) is 16.5. The third-order valence-corrected chi connectivity index (χ3v) is 9.92. The van der Waals surface area contributed by atoms with Crippen LogP contribution < -0.4 is 10.8 Å². The van der Waals surface area contributed by atoms with E-state index in [1.165, 1.54) is 6.33 Å². The number of rotatable bonds is 14. The first kappa shape index (κ1) is 32.9. The average molecular weight is 609 g/mol. The van der Waals surface area contributed by atoms with Crippen LogP contribution in [0.5, 0.6) is 0 Å². The Bertz CT molecular complexity index is 1340. The van der Waals surface area contributed by atoms with E-state index in [9.17, 15) is 14.6 Å². The van der Waals surface area contributed by atoms with Crippen molar-refractivity contribution in [1.82, 2.24) is 19.7 Å². The molecule has 3 N–H and O–H groups in total. The number of hydrogen-bond donors (Lipinski definition) is 2. The Morgan fingerprint density at radius 3 is 2.76 bits per heavy atom. The Labute approximate surface area is 245 Å². The van der Waals surface area contributed by atoms with E-state index in [1.54, 1.807) is 55.3 Å². The molecule has 0 bridgehead atoms. The minimum Gasteiger partial charge on any atom is -0.465 e. The predicted molar refractivity (Wildman–Crippen MR) is 158 cm³/mol. The lowest BCUT2D eigenvalue weighted by atomic mass is 9.66. The van der Waals surface area contributed by atoms with E-state index in [1.807, 2.05) is 27.0 Å². The smallest absolute Gasteiger partial charge is 0.459 e. The van der Waals surface area contributed by atoms with Gasteiger partial charge in [-0.25, -0.2) is 14.1 Å². The van der Waals surface area contributed by atoms with Crippen molar-refractivity contribution in [2.45, 2.75) is 72.1 Å². The van der Waals surface area contributed by atoms with Gasteiger partial charge >= 0.3 is 13.7 Å². The second-order valence-electron chi connectivity index (χ2n) is 10.3. The van der Waals surface area contributed by atoms with Gasteiger partial charge in [-0.1, -0.05) is 27.2 Å². The molecule has 1 aliphatic heterocycles. The van der Waals surface area contributed by atoms with Gasteiger partial charge in [-0.15, -0.1) is 0 Å². The maximum atomic E-state index is 14.1. The summed E-state index contributed by atoms with van der Waals surface area (Å²) in [5.74, 6) is 0.544. The van der Waals surface area contributed by atoms with E-state index < -0.39 is 36.9 Å². The number of anilines is 1. The second-order valence-corrected chi connectivity index (χ2v) is 13.0. The summed E-state index contributed by atoms with van der Waals surface area (Å²) in [4.78, 5) is 16.7. The maximum Gasteiger partial charge on any atom is 0.459 e. The molecule has 41 heavy (non-hydrogen) atoms. The van der Waals surface area contributed by atoms with Crippen LogP contribution in [0.2, 0.25) is 0 Å². The molecule has 1 aliphatic rings. The number of aromatic nitrogens is 3. The fourth-order valence-electron chi connectivity index (χ4n) is 5.36. The number of hydrogen-bond acceptors (Lipinski definition) is 11. The number of esters is 1. The molecule has 0 radical (unpaired) electrons. The van der Waals surface area contributed by atoms with Crippen LogP contribution in [-0.4, -0.2) is 57.9 Å². The van der Waals surface area contributed by atoms with Crippen molar-refractivity contribution in [3.63, 3.8) is 0 Å². The lowest BCUT2D eigenvalue weighted by Gasteiger charge is -2.36. The van der Waals surface area contributed by atoms with Gasteiger partial charge < -0.3 is 19.7 Å². The van der Waals surface area contributed by atoms with Gasteiger partial charge in [0.25, 0.3) is 0 Å². The van der Waals surface area contributed by atoms with Crippen molar-refractivity contribution >= 4 is 36.8 Å². The highest BCUT2D eigenvalue weighted by atomic mass is 32.2. The molecule has 1 saturated heterocycles. The molecule has 0 aromatic carbocycles. The number of allylic oxidation sites excluding steroid dienone is 2. The highest BCUT2D eigenvalue weighted by Crippen LogP contribution is 2.58. The normalized spacial score (nSPS) is 24.5. The van der Waals surface area contributed by atoms with Gasteiger partial charge in [0, 0.05) is 5.41 Å². The monoisotopic (exact) mass is 608 g/mol. The molecule has 2 aromatic rings. The van der Waals surface area contributed by atoms with Gasteiger partial charge in [-0.05, 0) is 63.3 Å². The number of nitriles is 1. The molecule has 0 aliphatic carbocycles. The van der Waals surface area contributed by atoms with E-state index >= 15 is 0 Å². The highest BCUT2D eigenvalue weighted by Gasteiger charge is 2.63. The fourth-order valence-corrected chi connectivity index (χ4v) is 7.45. The average Bonchev–Trinajstić information content (AvgIpc) is 3.47. The van der Waals surface area contributed by atoms with Crippen LogP contribution in [0.15, 0.2) is 30.3 Å². The van der Waals surface area contributed by atoms with E-state index in [0.29, 0.717) is 35.6 Å². The Kier molecular flexibility index (Phi) is 10.9. The van der Waals surface area contributed by atoms with Crippen LogP contribution in [0.3, 0.4) is 0 Å². The zero-order valence-corrected chi connectivity index (χ0v) is 26.5. The number of fused-ring (bicyclic) bond motifs is 1. The largest absolute Gasteiger partial charge is 0.465 e. The molecule has 5 atom stereocenters. The predicted octanol–water partition coefficient (Wildman–Crippen LogP) is 4.82. The summed E-state index contributed by atoms with van der Waals surface area (Å²) in [5, 5.41) is 17.8. The Balaban J connectivity index is 1.96. The van der Waals surface area contributed by atoms with Crippen LogP contribution >= 0.6 is 19.5 Å². The topological polar surface area (TPSA) is 163 Å². The molecule has 1 fully saturated rings. The summed E-state index contributed by atoms with van der Waals surface area (Å²) in [6.07, 6.45) is 5.26. The van der Waals surface area contributed by atoms with E-state index in [0.717, 1.165) is 0 Å². The lowest BCUT2D eigenvalue weighted by Crippen LogP contribution is -2.41. The van der Waals surface area contributed by atoms with Gasteiger partial charge in [-0.3, -0.25) is 9.32 Å². The molecule has 14 heteroatoms. The van der Waals surface area contributed by atoms with Crippen LogP contribution in [-0.2, 0) is 33.5 Å². The molecule has 0 spiro atoms. The van der Waals surface area contributed by atoms with Crippen molar-refractivity contribution in [2.75, 3.05) is 31.0 Å². The summed E-state index contributed by atoms with van der Waals surface area (Å²) in [5.41, 5.74) is 4.97. The van der Waals surface area contributed by atoms with Crippen molar-refractivity contribution in [3.8, 4) is 6.07 Å². The summed E-state index contributed by atoms with van der Waals surface area (Å²) >= 11 is 1.55. The summed E-state index contributed by atoms with van der Waals surface area (Å²) in [6.45, 7) is 11.0. The summed E-state index contributed by atoms with van der Waals surface area (Å²) in [6, 6.07) is 5.02. The molecule has 12 nitrogen and oxygen atoms in total.